The van der Waals surface area contributed by atoms with Gasteiger partial charge in [0.1, 0.15) is 5.82 Å². The fraction of sp³-hybridized carbons (Fsp3) is 0.300. The largest absolute Gasteiger partial charge is 0.326 e. The van der Waals surface area contributed by atoms with Gasteiger partial charge < -0.3 is 10.2 Å². The molecule has 2 heterocycles. The summed E-state index contributed by atoms with van der Waals surface area (Å²) in [6, 6.07) is 6.98. The number of amides is 2. The van der Waals surface area contributed by atoms with Crippen molar-refractivity contribution in [1.29, 1.82) is 0 Å². The maximum absolute atomic E-state index is 13.2. The van der Waals surface area contributed by atoms with Gasteiger partial charge in [0.15, 0.2) is 9.84 Å². The normalized spacial score (nSPS) is 15.4. The van der Waals surface area contributed by atoms with Gasteiger partial charge in [-0.1, -0.05) is 11.6 Å². The Hall–Kier alpha value is -2.45. The molecule has 0 spiro atoms. The number of hydrogen-bond acceptors (Lipinski definition) is 4. The van der Waals surface area contributed by atoms with Crippen LogP contribution in [0.2, 0.25) is 5.02 Å². The summed E-state index contributed by atoms with van der Waals surface area (Å²) < 4.78 is 38.8. The minimum Gasteiger partial charge on any atom is -0.326 e. The number of carbonyl (C=O) groups is 2. The van der Waals surface area contributed by atoms with Crippen molar-refractivity contribution >= 4 is 44.6 Å². The van der Waals surface area contributed by atoms with E-state index >= 15 is 0 Å². The average molecular weight is 437 g/mol. The molecule has 2 aromatic carbocycles. The maximum atomic E-state index is 13.2. The highest BCUT2D eigenvalue weighted by Crippen LogP contribution is 2.38. The summed E-state index contributed by atoms with van der Waals surface area (Å²) in [7, 11) is -3.67. The number of benzene rings is 2. The van der Waals surface area contributed by atoms with E-state index in [4.69, 9.17) is 11.6 Å². The minimum atomic E-state index is -3.67. The second-order valence-electron chi connectivity index (χ2n) is 7.13. The molecule has 0 bridgehead atoms. The first-order valence-corrected chi connectivity index (χ1v) is 11.2. The third kappa shape index (κ3) is 3.86. The zero-order valence-electron chi connectivity index (χ0n) is 15.4. The van der Waals surface area contributed by atoms with Crippen LogP contribution in [-0.4, -0.2) is 32.5 Å². The van der Waals surface area contributed by atoms with Crippen molar-refractivity contribution in [2.45, 2.75) is 30.6 Å². The Morgan fingerprint density at radius 2 is 1.86 bits per heavy atom. The SMILES string of the molecule is O=C(CCS(=O)(=O)c1cc2c3c(c1)CCN3C(=O)CC2)Nc1ccc(F)c(Cl)c1. The van der Waals surface area contributed by atoms with E-state index in [2.05, 4.69) is 5.32 Å². The third-order valence-electron chi connectivity index (χ3n) is 5.19. The highest BCUT2D eigenvalue weighted by Gasteiger charge is 2.33. The van der Waals surface area contributed by atoms with Crippen LogP contribution in [0.3, 0.4) is 0 Å². The van der Waals surface area contributed by atoms with Gasteiger partial charge in [0.25, 0.3) is 0 Å². The van der Waals surface area contributed by atoms with Crippen LogP contribution < -0.4 is 10.2 Å². The molecule has 9 heteroatoms. The summed E-state index contributed by atoms with van der Waals surface area (Å²) in [5.74, 6) is -1.39. The van der Waals surface area contributed by atoms with Crippen molar-refractivity contribution in [2.24, 2.45) is 0 Å². The molecule has 0 aliphatic carbocycles. The van der Waals surface area contributed by atoms with E-state index in [1.54, 1.807) is 17.0 Å². The fourth-order valence-corrected chi connectivity index (χ4v) is 5.26. The van der Waals surface area contributed by atoms with E-state index in [1.165, 1.54) is 12.1 Å². The summed E-state index contributed by atoms with van der Waals surface area (Å²) in [5.41, 5.74) is 2.87. The lowest BCUT2D eigenvalue weighted by Gasteiger charge is -2.25. The first-order chi connectivity index (χ1) is 13.7. The summed E-state index contributed by atoms with van der Waals surface area (Å²) in [5, 5.41) is 2.39. The predicted molar refractivity (Wildman–Crippen MR) is 108 cm³/mol. The smallest absolute Gasteiger partial charge is 0.227 e. The molecule has 0 atom stereocenters. The molecule has 2 aromatic rings. The third-order valence-corrected chi connectivity index (χ3v) is 7.17. The van der Waals surface area contributed by atoms with Crippen molar-refractivity contribution in [2.75, 3.05) is 22.5 Å². The number of nitrogens with zero attached hydrogens (tertiary/aromatic N) is 1. The van der Waals surface area contributed by atoms with E-state index < -0.39 is 21.6 Å². The Labute approximate surface area is 172 Å². The van der Waals surface area contributed by atoms with Gasteiger partial charge >= 0.3 is 0 Å². The Morgan fingerprint density at radius 1 is 1.14 bits per heavy atom. The van der Waals surface area contributed by atoms with E-state index in [1.807, 2.05) is 0 Å². The number of nitrogens with one attached hydrogen (secondary N) is 1. The number of anilines is 2. The highest BCUT2D eigenvalue weighted by molar-refractivity contribution is 7.91. The second kappa shape index (κ2) is 7.42. The van der Waals surface area contributed by atoms with E-state index in [9.17, 15) is 22.4 Å². The number of halogens is 2. The zero-order chi connectivity index (χ0) is 20.8. The predicted octanol–water partition coefficient (Wildman–Crippen LogP) is 3.12. The lowest BCUT2D eigenvalue weighted by molar-refractivity contribution is -0.119. The standard InChI is InChI=1S/C20H18ClFN2O4S/c21-16-11-14(2-3-17(16)22)23-18(25)6-8-29(27,28)15-9-12-1-4-19(26)24-7-5-13(10-15)20(12)24/h2-3,9-11H,1,4-8H2,(H,23,25). The molecule has 0 aromatic heterocycles. The van der Waals surface area contributed by atoms with Gasteiger partial charge in [-0.25, -0.2) is 12.8 Å². The highest BCUT2D eigenvalue weighted by atomic mass is 35.5. The van der Waals surface area contributed by atoms with Crippen LogP contribution in [0.25, 0.3) is 0 Å². The molecule has 2 aliphatic rings. The lowest BCUT2D eigenvalue weighted by atomic mass is 10.00. The number of carbonyl (C=O) groups excluding carboxylic acids is 2. The summed E-state index contributed by atoms with van der Waals surface area (Å²) in [4.78, 5) is 26.0. The number of aryl methyl sites for hydroxylation is 1. The van der Waals surface area contributed by atoms with Crippen molar-refractivity contribution in [1.82, 2.24) is 0 Å². The summed E-state index contributed by atoms with van der Waals surface area (Å²) >= 11 is 5.68. The van der Waals surface area contributed by atoms with Crippen molar-refractivity contribution in [3.8, 4) is 0 Å². The minimum absolute atomic E-state index is 0.0735. The first-order valence-electron chi connectivity index (χ1n) is 9.18. The lowest BCUT2D eigenvalue weighted by Crippen LogP contribution is -2.32. The van der Waals surface area contributed by atoms with Crippen LogP contribution in [0, 0.1) is 5.82 Å². The Balaban J connectivity index is 1.47. The second-order valence-corrected chi connectivity index (χ2v) is 9.65. The van der Waals surface area contributed by atoms with Crippen LogP contribution in [0.4, 0.5) is 15.8 Å². The van der Waals surface area contributed by atoms with Gasteiger partial charge in [0.05, 0.1) is 21.4 Å². The van der Waals surface area contributed by atoms with Gasteiger partial charge in [0.2, 0.25) is 11.8 Å². The fourth-order valence-electron chi connectivity index (χ4n) is 3.75. The van der Waals surface area contributed by atoms with Gasteiger partial charge in [-0.05, 0) is 54.3 Å². The molecule has 0 unspecified atom stereocenters. The number of rotatable bonds is 5. The van der Waals surface area contributed by atoms with Gasteiger partial charge in [-0.2, -0.15) is 0 Å². The molecule has 152 valence electrons. The Morgan fingerprint density at radius 3 is 2.59 bits per heavy atom. The monoisotopic (exact) mass is 436 g/mol. The molecular weight excluding hydrogens is 419 g/mol. The molecule has 0 saturated heterocycles. The zero-order valence-corrected chi connectivity index (χ0v) is 16.9. The quantitative estimate of drug-likeness (QED) is 0.780. The maximum Gasteiger partial charge on any atom is 0.227 e. The Kier molecular flexibility index (Phi) is 5.08. The Bertz CT molecular complexity index is 1130. The molecule has 1 N–H and O–H groups in total. The van der Waals surface area contributed by atoms with Crippen LogP contribution >= 0.6 is 11.6 Å². The molecule has 0 saturated carbocycles. The van der Waals surface area contributed by atoms with Crippen molar-refractivity contribution in [3.63, 3.8) is 0 Å². The van der Waals surface area contributed by atoms with Crippen LogP contribution in [-0.2, 0) is 32.3 Å². The van der Waals surface area contributed by atoms with E-state index in [-0.39, 0.29) is 28.0 Å². The molecule has 0 radical (unpaired) electrons. The number of sulfone groups is 1. The van der Waals surface area contributed by atoms with E-state index in [0.29, 0.717) is 31.5 Å². The van der Waals surface area contributed by atoms with Gasteiger partial charge in [-0.3, -0.25) is 9.59 Å². The molecular formula is C20H18ClFN2O4S. The van der Waals surface area contributed by atoms with Crippen LogP contribution in [0.5, 0.6) is 0 Å². The molecule has 29 heavy (non-hydrogen) atoms. The molecule has 0 fully saturated rings. The van der Waals surface area contributed by atoms with Crippen LogP contribution in [0.1, 0.15) is 24.0 Å². The molecule has 2 aliphatic heterocycles. The summed E-state index contributed by atoms with van der Waals surface area (Å²) in [6.07, 6.45) is 1.28. The molecule has 4 rings (SSSR count). The van der Waals surface area contributed by atoms with E-state index in [0.717, 1.165) is 22.9 Å². The summed E-state index contributed by atoms with van der Waals surface area (Å²) in [6.45, 7) is 0.577. The van der Waals surface area contributed by atoms with Gasteiger partial charge in [0, 0.05) is 25.1 Å². The first kappa shape index (κ1) is 19.8. The molecule has 6 nitrogen and oxygen atoms in total. The van der Waals surface area contributed by atoms with Gasteiger partial charge in [-0.15, -0.1) is 0 Å². The average Bonchev–Trinajstić information content (AvgIpc) is 3.12. The molecule has 2 amide bonds. The van der Waals surface area contributed by atoms with Crippen molar-refractivity contribution in [3.05, 3.63) is 52.3 Å². The van der Waals surface area contributed by atoms with Crippen molar-refractivity contribution < 1.29 is 22.4 Å². The number of hydrogen-bond donors (Lipinski definition) is 1. The topological polar surface area (TPSA) is 83.6 Å². The van der Waals surface area contributed by atoms with Crippen LogP contribution in [0.15, 0.2) is 35.2 Å².